The second-order valence-electron chi connectivity index (χ2n) is 2.72. The van der Waals surface area contributed by atoms with Crippen LogP contribution < -0.4 is 5.73 Å². The summed E-state index contributed by atoms with van der Waals surface area (Å²) in [5.74, 6) is 0. The summed E-state index contributed by atoms with van der Waals surface area (Å²) < 4.78 is 4.95. The van der Waals surface area contributed by atoms with E-state index in [1.165, 1.54) is 12.3 Å². The Morgan fingerprint density at radius 2 is 2.31 bits per heavy atom. The Hall–Kier alpha value is -1.53. The van der Waals surface area contributed by atoms with E-state index in [4.69, 9.17) is 10.5 Å². The van der Waals surface area contributed by atoms with Gasteiger partial charge in [0.2, 0.25) is 0 Å². The van der Waals surface area contributed by atoms with E-state index in [9.17, 15) is 10.1 Å². The van der Waals surface area contributed by atoms with Crippen LogP contribution in [0.2, 0.25) is 0 Å². The maximum absolute atomic E-state index is 10.3. The summed E-state index contributed by atoms with van der Waals surface area (Å²) in [6.45, 7) is 0. The topological polar surface area (TPSA) is 94.6 Å². The highest BCUT2D eigenvalue weighted by Crippen LogP contribution is 2.33. The highest BCUT2D eigenvalue weighted by atomic mass is 16.6. The van der Waals surface area contributed by atoms with E-state index in [2.05, 4.69) is 4.98 Å². The number of nitrogens with zero attached hydrogens (tertiary/aromatic N) is 2. The van der Waals surface area contributed by atoms with Crippen molar-refractivity contribution in [3.63, 3.8) is 0 Å². The van der Waals surface area contributed by atoms with Crippen molar-refractivity contribution in [3.05, 3.63) is 34.1 Å². The summed E-state index contributed by atoms with van der Waals surface area (Å²) in [6.07, 6.45) is 0.693. The lowest BCUT2D eigenvalue weighted by Crippen LogP contribution is -2.02. The van der Waals surface area contributed by atoms with E-state index in [0.29, 0.717) is 5.69 Å². The Balaban J connectivity index is 2.19. The SMILES string of the molecule is NC1OC1c1ccc([N+](=O)[O-])cn1. The molecule has 1 saturated heterocycles. The number of pyridine rings is 1. The lowest BCUT2D eigenvalue weighted by Gasteiger charge is -1.93. The molecule has 1 aliphatic rings. The number of nitrogens with two attached hydrogens (primary N) is 1. The standard InChI is InChI=1S/C7H7N3O3/c8-7-6(13-7)5-2-1-4(3-9-5)10(11)12/h1-3,6-7H,8H2. The first-order chi connectivity index (χ1) is 6.18. The zero-order chi connectivity index (χ0) is 9.42. The van der Waals surface area contributed by atoms with Crippen LogP contribution in [0.4, 0.5) is 5.69 Å². The van der Waals surface area contributed by atoms with Gasteiger partial charge in [0.15, 0.2) is 0 Å². The van der Waals surface area contributed by atoms with Crippen LogP contribution in [0.3, 0.4) is 0 Å². The van der Waals surface area contributed by atoms with Crippen LogP contribution in [0.5, 0.6) is 0 Å². The van der Waals surface area contributed by atoms with Crippen molar-refractivity contribution in [1.82, 2.24) is 4.98 Å². The van der Waals surface area contributed by atoms with E-state index >= 15 is 0 Å². The van der Waals surface area contributed by atoms with Crippen LogP contribution in [0.15, 0.2) is 18.3 Å². The minimum absolute atomic E-state index is 0.0297. The molecule has 0 saturated carbocycles. The monoisotopic (exact) mass is 181 g/mol. The summed E-state index contributed by atoms with van der Waals surface area (Å²) in [5, 5.41) is 10.3. The molecule has 0 aromatic carbocycles. The van der Waals surface area contributed by atoms with Crippen molar-refractivity contribution in [2.45, 2.75) is 12.3 Å². The van der Waals surface area contributed by atoms with Crippen LogP contribution in [-0.4, -0.2) is 16.1 Å². The first-order valence-electron chi connectivity index (χ1n) is 3.70. The third-order valence-corrected chi connectivity index (χ3v) is 1.80. The van der Waals surface area contributed by atoms with E-state index in [0.717, 1.165) is 0 Å². The van der Waals surface area contributed by atoms with Crippen molar-refractivity contribution in [2.24, 2.45) is 5.73 Å². The summed E-state index contributed by atoms with van der Waals surface area (Å²) in [6, 6.07) is 2.94. The van der Waals surface area contributed by atoms with Crippen molar-refractivity contribution < 1.29 is 9.66 Å². The van der Waals surface area contributed by atoms with Crippen molar-refractivity contribution in [3.8, 4) is 0 Å². The predicted octanol–water partition coefficient (Wildman–Crippen LogP) is 0.346. The molecule has 0 radical (unpaired) electrons. The number of ether oxygens (including phenoxy) is 1. The van der Waals surface area contributed by atoms with Crippen molar-refractivity contribution >= 4 is 5.69 Å². The molecule has 13 heavy (non-hydrogen) atoms. The first-order valence-corrected chi connectivity index (χ1v) is 3.70. The summed E-state index contributed by atoms with van der Waals surface area (Å²) in [5.41, 5.74) is 6.01. The molecule has 2 rings (SSSR count). The van der Waals surface area contributed by atoms with E-state index in [1.807, 2.05) is 0 Å². The molecule has 0 spiro atoms. The molecule has 0 amide bonds. The lowest BCUT2D eigenvalue weighted by atomic mass is 10.2. The number of rotatable bonds is 2. The first kappa shape index (κ1) is 8.09. The molecule has 0 bridgehead atoms. The van der Waals surface area contributed by atoms with Gasteiger partial charge in [-0.05, 0) is 6.07 Å². The highest BCUT2D eigenvalue weighted by molar-refractivity contribution is 5.28. The molecule has 1 aliphatic heterocycles. The Bertz CT molecular complexity index is 337. The van der Waals surface area contributed by atoms with Crippen molar-refractivity contribution in [1.29, 1.82) is 0 Å². The number of aromatic nitrogens is 1. The molecule has 2 unspecified atom stereocenters. The van der Waals surface area contributed by atoms with Gasteiger partial charge in [-0.25, -0.2) is 0 Å². The summed E-state index contributed by atoms with van der Waals surface area (Å²) in [7, 11) is 0. The summed E-state index contributed by atoms with van der Waals surface area (Å²) in [4.78, 5) is 13.6. The normalized spacial score (nSPS) is 25.6. The van der Waals surface area contributed by atoms with Crippen LogP contribution in [-0.2, 0) is 4.74 Å². The molecule has 6 nitrogen and oxygen atoms in total. The van der Waals surface area contributed by atoms with E-state index in [-0.39, 0.29) is 18.0 Å². The third-order valence-electron chi connectivity index (χ3n) is 1.80. The van der Waals surface area contributed by atoms with Gasteiger partial charge in [0.05, 0.1) is 10.6 Å². The zero-order valence-electron chi connectivity index (χ0n) is 6.58. The maximum Gasteiger partial charge on any atom is 0.287 e. The number of epoxide rings is 1. The zero-order valence-corrected chi connectivity index (χ0v) is 6.58. The van der Waals surface area contributed by atoms with Crippen LogP contribution in [0.25, 0.3) is 0 Å². The fourth-order valence-corrected chi connectivity index (χ4v) is 1.04. The van der Waals surface area contributed by atoms with Gasteiger partial charge in [-0.1, -0.05) is 0 Å². The van der Waals surface area contributed by atoms with Crippen LogP contribution >= 0.6 is 0 Å². The van der Waals surface area contributed by atoms with Gasteiger partial charge < -0.3 is 10.5 Å². The molecular formula is C7H7N3O3. The van der Waals surface area contributed by atoms with Gasteiger partial charge in [-0.15, -0.1) is 0 Å². The molecule has 6 heteroatoms. The Labute approximate surface area is 73.5 Å². The Kier molecular flexibility index (Phi) is 1.71. The second-order valence-corrected chi connectivity index (χ2v) is 2.72. The van der Waals surface area contributed by atoms with Gasteiger partial charge in [-0.2, -0.15) is 0 Å². The van der Waals surface area contributed by atoms with Crippen LogP contribution in [0.1, 0.15) is 11.8 Å². The van der Waals surface area contributed by atoms with Crippen molar-refractivity contribution in [2.75, 3.05) is 0 Å². The molecule has 1 aromatic heterocycles. The lowest BCUT2D eigenvalue weighted by molar-refractivity contribution is -0.385. The summed E-state index contributed by atoms with van der Waals surface area (Å²) >= 11 is 0. The Morgan fingerprint density at radius 1 is 1.62 bits per heavy atom. The van der Waals surface area contributed by atoms with Crippen LogP contribution in [0, 0.1) is 10.1 Å². The average molecular weight is 181 g/mol. The van der Waals surface area contributed by atoms with Gasteiger partial charge in [0.1, 0.15) is 18.5 Å². The molecular weight excluding hydrogens is 174 g/mol. The largest absolute Gasteiger partial charge is 0.347 e. The van der Waals surface area contributed by atoms with Gasteiger partial charge >= 0.3 is 0 Å². The minimum atomic E-state index is -0.496. The van der Waals surface area contributed by atoms with Gasteiger partial charge in [-0.3, -0.25) is 15.1 Å². The predicted molar refractivity (Wildman–Crippen MR) is 42.7 cm³/mol. The quantitative estimate of drug-likeness (QED) is 0.403. The number of nitro groups is 1. The molecule has 1 aromatic rings. The fourth-order valence-electron chi connectivity index (χ4n) is 1.04. The molecule has 2 heterocycles. The fraction of sp³-hybridized carbons (Fsp3) is 0.286. The molecule has 0 aliphatic carbocycles. The van der Waals surface area contributed by atoms with E-state index < -0.39 is 4.92 Å². The average Bonchev–Trinajstić information content (AvgIpc) is 2.83. The number of hydrogen-bond donors (Lipinski definition) is 1. The maximum atomic E-state index is 10.3. The number of hydrogen-bond acceptors (Lipinski definition) is 5. The molecule has 68 valence electrons. The van der Waals surface area contributed by atoms with Gasteiger partial charge in [0, 0.05) is 6.07 Å². The second kappa shape index (κ2) is 2.75. The Morgan fingerprint density at radius 3 is 2.69 bits per heavy atom. The minimum Gasteiger partial charge on any atom is -0.347 e. The molecule has 2 atom stereocenters. The van der Waals surface area contributed by atoms with Gasteiger partial charge in [0.25, 0.3) is 5.69 Å². The smallest absolute Gasteiger partial charge is 0.287 e. The third kappa shape index (κ3) is 1.49. The highest BCUT2D eigenvalue weighted by Gasteiger charge is 2.38. The molecule has 2 N–H and O–H groups in total. The molecule has 1 fully saturated rings. The van der Waals surface area contributed by atoms with E-state index in [1.54, 1.807) is 6.07 Å².